The molecule has 0 aliphatic rings. The Morgan fingerprint density at radius 1 is 1.33 bits per heavy atom. The molecule has 4 nitrogen and oxygen atoms in total. The maximum Gasteiger partial charge on any atom is 0.355 e. The van der Waals surface area contributed by atoms with Crippen LogP contribution in [0.2, 0.25) is 5.02 Å². The molecule has 0 aliphatic heterocycles. The lowest BCUT2D eigenvalue weighted by Gasteiger charge is -2.04. The topological polar surface area (TPSA) is 70.7 Å². The van der Waals surface area contributed by atoms with Crippen LogP contribution in [-0.2, 0) is 0 Å². The van der Waals surface area contributed by atoms with Crippen LogP contribution in [0.5, 0.6) is 11.5 Å². The SMILES string of the molecule is Cc1c(Cl)c(=O)oc2c(O)c(O)ccc12. The van der Waals surface area contributed by atoms with E-state index < -0.39 is 11.4 Å². The van der Waals surface area contributed by atoms with E-state index in [1.807, 2.05) is 0 Å². The lowest BCUT2D eigenvalue weighted by Crippen LogP contribution is -2.01. The van der Waals surface area contributed by atoms with E-state index in [2.05, 4.69) is 0 Å². The molecule has 0 bridgehead atoms. The van der Waals surface area contributed by atoms with Crippen molar-refractivity contribution in [1.29, 1.82) is 0 Å². The van der Waals surface area contributed by atoms with Gasteiger partial charge in [-0.05, 0) is 24.6 Å². The number of rotatable bonds is 0. The summed E-state index contributed by atoms with van der Waals surface area (Å²) in [6, 6.07) is 2.83. The highest BCUT2D eigenvalue weighted by Crippen LogP contribution is 2.35. The predicted molar refractivity (Wildman–Crippen MR) is 55.6 cm³/mol. The van der Waals surface area contributed by atoms with Gasteiger partial charge in [0.2, 0.25) is 5.75 Å². The molecule has 2 aromatic rings. The van der Waals surface area contributed by atoms with E-state index in [0.29, 0.717) is 10.9 Å². The number of aryl methyl sites for hydroxylation is 1. The van der Waals surface area contributed by atoms with Crippen LogP contribution in [0, 0.1) is 6.92 Å². The Morgan fingerprint density at radius 3 is 2.67 bits per heavy atom. The molecule has 15 heavy (non-hydrogen) atoms. The largest absolute Gasteiger partial charge is 0.504 e. The minimum Gasteiger partial charge on any atom is -0.504 e. The number of halogens is 1. The fraction of sp³-hybridized carbons (Fsp3) is 0.100. The third kappa shape index (κ3) is 1.34. The van der Waals surface area contributed by atoms with E-state index in [1.165, 1.54) is 12.1 Å². The summed E-state index contributed by atoms with van der Waals surface area (Å²) in [4.78, 5) is 11.2. The van der Waals surface area contributed by atoms with Gasteiger partial charge in [0.15, 0.2) is 11.3 Å². The van der Waals surface area contributed by atoms with E-state index in [-0.39, 0.29) is 16.4 Å². The first-order chi connectivity index (χ1) is 7.02. The van der Waals surface area contributed by atoms with Gasteiger partial charge in [-0.1, -0.05) is 11.6 Å². The molecule has 1 heterocycles. The maximum atomic E-state index is 11.2. The van der Waals surface area contributed by atoms with Crippen molar-refractivity contribution in [2.75, 3.05) is 0 Å². The van der Waals surface area contributed by atoms with Gasteiger partial charge < -0.3 is 14.6 Å². The summed E-state index contributed by atoms with van der Waals surface area (Å²) in [6.07, 6.45) is 0. The zero-order valence-corrected chi connectivity index (χ0v) is 8.50. The number of benzene rings is 1. The van der Waals surface area contributed by atoms with Crippen LogP contribution < -0.4 is 5.63 Å². The quantitative estimate of drug-likeness (QED) is 0.534. The van der Waals surface area contributed by atoms with E-state index in [4.69, 9.17) is 16.0 Å². The zero-order chi connectivity index (χ0) is 11.2. The van der Waals surface area contributed by atoms with Crippen molar-refractivity contribution in [3.63, 3.8) is 0 Å². The van der Waals surface area contributed by atoms with Crippen molar-refractivity contribution >= 4 is 22.6 Å². The molecule has 2 rings (SSSR count). The van der Waals surface area contributed by atoms with Gasteiger partial charge in [0.1, 0.15) is 5.02 Å². The Bertz CT molecular complexity index is 600. The average Bonchev–Trinajstić information content (AvgIpc) is 2.21. The van der Waals surface area contributed by atoms with Crippen molar-refractivity contribution in [1.82, 2.24) is 0 Å². The lowest BCUT2D eigenvalue weighted by molar-refractivity contribution is 0.397. The normalized spacial score (nSPS) is 10.8. The summed E-state index contributed by atoms with van der Waals surface area (Å²) < 4.78 is 4.79. The molecule has 0 aliphatic carbocycles. The monoisotopic (exact) mass is 226 g/mol. The summed E-state index contributed by atoms with van der Waals surface area (Å²) in [7, 11) is 0. The molecule has 78 valence electrons. The molecule has 1 aromatic carbocycles. The van der Waals surface area contributed by atoms with Gasteiger partial charge in [-0.15, -0.1) is 0 Å². The second-order valence-electron chi connectivity index (χ2n) is 3.14. The Labute approximate surface area is 89.3 Å². The molecule has 0 atom stereocenters. The van der Waals surface area contributed by atoms with Gasteiger partial charge in [-0.2, -0.15) is 0 Å². The smallest absolute Gasteiger partial charge is 0.355 e. The molecular weight excluding hydrogens is 220 g/mol. The number of phenolic OH excluding ortho intramolecular Hbond substituents is 2. The minimum atomic E-state index is -0.734. The van der Waals surface area contributed by atoms with Crippen molar-refractivity contribution in [2.24, 2.45) is 0 Å². The highest BCUT2D eigenvalue weighted by molar-refractivity contribution is 6.31. The second kappa shape index (κ2) is 3.17. The standard InChI is InChI=1S/C10H7ClO4/c1-4-5-2-3-6(12)8(13)9(5)15-10(14)7(4)11/h2-3,12-13H,1H3. The fourth-order valence-corrected chi connectivity index (χ4v) is 1.51. The molecule has 2 N–H and O–H groups in total. The fourth-order valence-electron chi connectivity index (χ4n) is 1.37. The zero-order valence-electron chi connectivity index (χ0n) is 7.74. The first-order valence-electron chi connectivity index (χ1n) is 4.16. The Hall–Kier alpha value is -1.68. The summed E-state index contributed by atoms with van der Waals surface area (Å²) in [6.45, 7) is 1.64. The number of fused-ring (bicyclic) bond motifs is 1. The van der Waals surface area contributed by atoms with Crippen LogP contribution >= 0.6 is 11.6 Å². The van der Waals surface area contributed by atoms with Gasteiger partial charge in [0, 0.05) is 5.39 Å². The van der Waals surface area contributed by atoms with E-state index in [9.17, 15) is 15.0 Å². The molecule has 0 spiro atoms. The number of aromatic hydroxyl groups is 2. The van der Waals surface area contributed by atoms with E-state index >= 15 is 0 Å². The second-order valence-corrected chi connectivity index (χ2v) is 3.52. The summed E-state index contributed by atoms with van der Waals surface area (Å²) in [5.74, 6) is -0.795. The third-order valence-electron chi connectivity index (χ3n) is 2.22. The van der Waals surface area contributed by atoms with Crippen LogP contribution in [0.1, 0.15) is 5.56 Å². The lowest BCUT2D eigenvalue weighted by atomic mass is 10.1. The van der Waals surface area contributed by atoms with Crippen molar-refractivity contribution in [3.8, 4) is 11.5 Å². The van der Waals surface area contributed by atoms with Crippen LogP contribution in [0.15, 0.2) is 21.3 Å². The van der Waals surface area contributed by atoms with Crippen molar-refractivity contribution in [3.05, 3.63) is 33.1 Å². The van der Waals surface area contributed by atoms with Crippen LogP contribution in [0.3, 0.4) is 0 Å². The van der Waals surface area contributed by atoms with Crippen LogP contribution in [0.4, 0.5) is 0 Å². The number of hydrogen-bond donors (Lipinski definition) is 2. The molecule has 0 unspecified atom stereocenters. The molecule has 5 heteroatoms. The van der Waals surface area contributed by atoms with Gasteiger partial charge in [-0.25, -0.2) is 4.79 Å². The van der Waals surface area contributed by atoms with Crippen molar-refractivity contribution < 1.29 is 14.6 Å². The third-order valence-corrected chi connectivity index (χ3v) is 2.66. The summed E-state index contributed by atoms with van der Waals surface area (Å²) >= 11 is 5.70. The molecule has 0 radical (unpaired) electrons. The van der Waals surface area contributed by atoms with Gasteiger partial charge in [0.05, 0.1) is 0 Å². The highest BCUT2D eigenvalue weighted by atomic mass is 35.5. The molecule has 0 saturated carbocycles. The molecule has 1 aromatic heterocycles. The Morgan fingerprint density at radius 2 is 2.00 bits per heavy atom. The first-order valence-corrected chi connectivity index (χ1v) is 4.54. The average molecular weight is 227 g/mol. The summed E-state index contributed by atoms with van der Waals surface area (Å²) in [5.41, 5.74) is -0.275. The minimum absolute atomic E-state index is 0.0208. The number of hydrogen-bond acceptors (Lipinski definition) is 4. The van der Waals surface area contributed by atoms with Gasteiger partial charge >= 0.3 is 5.63 Å². The molecule has 0 amide bonds. The Balaban J connectivity index is 3.05. The summed E-state index contributed by atoms with van der Waals surface area (Å²) in [5, 5.41) is 19.2. The van der Waals surface area contributed by atoms with Gasteiger partial charge in [-0.3, -0.25) is 0 Å². The van der Waals surface area contributed by atoms with E-state index in [0.717, 1.165) is 0 Å². The number of phenols is 2. The molecule has 0 saturated heterocycles. The van der Waals surface area contributed by atoms with Crippen molar-refractivity contribution in [2.45, 2.75) is 6.92 Å². The highest BCUT2D eigenvalue weighted by Gasteiger charge is 2.14. The molecule has 0 fully saturated rings. The molecular formula is C10H7ClO4. The predicted octanol–water partition coefficient (Wildman–Crippen LogP) is 2.17. The van der Waals surface area contributed by atoms with E-state index in [1.54, 1.807) is 6.92 Å². The maximum absolute atomic E-state index is 11.2. The Kier molecular flexibility index (Phi) is 2.08. The van der Waals surface area contributed by atoms with Crippen LogP contribution in [0.25, 0.3) is 11.0 Å². The van der Waals surface area contributed by atoms with Crippen LogP contribution in [-0.4, -0.2) is 10.2 Å². The van der Waals surface area contributed by atoms with Gasteiger partial charge in [0.25, 0.3) is 0 Å². The first kappa shape index (κ1) is 9.86.